The lowest BCUT2D eigenvalue weighted by Gasteiger charge is -2.26. The number of rotatable bonds is 5. The van der Waals surface area contributed by atoms with E-state index in [4.69, 9.17) is 5.11 Å². The first-order valence-corrected chi connectivity index (χ1v) is 6.74. The third-order valence-corrected chi connectivity index (χ3v) is 3.21. The van der Waals surface area contributed by atoms with Crippen LogP contribution in [0, 0.1) is 0 Å². The van der Waals surface area contributed by atoms with E-state index in [0.29, 0.717) is 12.0 Å². The van der Waals surface area contributed by atoms with Crippen molar-refractivity contribution in [2.45, 2.75) is 52.6 Å². The zero-order chi connectivity index (χ0) is 15.5. The Balaban J connectivity index is 3.00. The Labute approximate surface area is 119 Å². The van der Waals surface area contributed by atoms with E-state index >= 15 is 0 Å². The molecule has 1 atom stereocenters. The summed E-state index contributed by atoms with van der Waals surface area (Å²) in [5.41, 5.74) is 0.202. The quantitative estimate of drug-likeness (QED) is 0.895. The molecule has 112 valence electrons. The van der Waals surface area contributed by atoms with Gasteiger partial charge in [-0.05, 0) is 34.1 Å². The number of aromatic nitrogens is 2. The van der Waals surface area contributed by atoms with Gasteiger partial charge in [0, 0.05) is 12.2 Å². The Kier molecular flexibility index (Phi) is 4.92. The van der Waals surface area contributed by atoms with Crippen molar-refractivity contribution in [2.75, 3.05) is 6.54 Å². The van der Waals surface area contributed by atoms with Gasteiger partial charge in [-0.1, -0.05) is 6.92 Å². The first-order valence-electron chi connectivity index (χ1n) is 6.74. The van der Waals surface area contributed by atoms with Gasteiger partial charge in [-0.15, -0.1) is 0 Å². The highest BCUT2D eigenvalue weighted by Crippen LogP contribution is 2.15. The fraction of sp³-hybridized carbons (Fsp3) is 0.643. The lowest BCUT2D eigenvalue weighted by molar-refractivity contribution is -0.138. The second kappa shape index (κ2) is 6.07. The second-order valence-corrected chi connectivity index (χ2v) is 5.93. The van der Waals surface area contributed by atoms with Crippen molar-refractivity contribution >= 4 is 11.9 Å². The Morgan fingerprint density at radius 3 is 2.45 bits per heavy atom. The predicted molar refractivity (Wildman–Crippen MR) is 75.6 cm³/mol. The molecule has 6 nitrogen and oxygen atoms in total. The Bertz CT molecular complexity index is 488. The summed E-state index contributed by atoms with van der Waals surface area (Å²) in [6.45, 7) is 9.42. The molecule has 20 heavy (non-hydrogen) atoms. The van der Waals surface area contributed by atoms with Gasteiger partial charge in [-0.25, -0.2) is 0 Å². The number of carbonyl (C=O) groups is 2. The van der Waals surface area contributed by atoms with Crippen molar-refractivity contribution in [3.8, 4) is 0 Å². The number of amides is 1. The number of carboxylic acids is 1. The molecule has 0 bridgehead atoms. The number of aliphatic carboxylic acids is 1. The SMILES string of the molecule is CCC(C)N(CC(=O)O)C(=O)c1cnn(C(C)(C)C)c1. The average Bonchev–Trinajstić information content (AvgIpc) is 2.83. The summed E-state index contributed by atoms with van der Waals surface area (Å²) in [5.74, 6) is -1.31. The second-order valence-electron chi connectivity index (χ2n) is 5.93. The molecule has 0 saturated heterocycles. The molecule has 0 aliphatic carbocycles. The normalized spacial score (nSPS) is 13.1. The first kappa shape index (κ1) is 16.2. The van der Waals surface area contributed by atoms with Crippen molar-refractivity contribution in [1.82, 2.24) is 14.7 Å². The maximum Gasteiger partial charge on any atom is 0.323 e. The summed E-state index contributed by atoms with van der Waals surface area (Å²) < 4.78 is 1.70. The van der Waals surface area contributed by atoms with Gasteiger partial charge in [-0.2, -0.15) is 5.10 Å². The van der Waals surface area contributed by atoms with E-state index < -0.39 is 5.97 Å². The predicted octanol–water partition coefficient (Wildman–Crippen LogP) is 1.96. The molecule has 0 spiro atoms. The summed E-state index contributed by atoms with van der Waals surface area (Å²) in [7, 11) is 0. The monoisotopic (exact) mass is 281 g/mol. The first-order chi connectivity index (χ1) is 9.16. The summed E-state index contributed by atoms with van der Waals surface area (Å²) in [6, 6.07) is -0.128. The zero-order valence-electron chi connectivity index (χ0n) is 12.8. The molecule has 0 aliphatic heterocycles. The van der Waals surface area contributed by atoms with Crippen LogP contribution in [0.4, 0.5) is 0 Å². The van der Waals surface area contributed by atoms with Crippen LogP contribution in [0.1, 0.15) is 51.4 Å². The minimum atomic E-state index is -1.01. The number of hydrogen-bond acceptors (Lipinski definition) is 3. The van der Waals surface area contributed by atoms with E-state index in [9.17, 15) is 9.59 Å². The smallest absolute Gasteiger partial charge is 0.323 e. The van der Waals surface area contributed by atoms with Gasteiger partial charge >= 0.3 is 5.97 Å². The van der Waals surface area contributed by atoms with Crippen LogP contribution in [0.25, 0.3) is 0 Å². The van der Waals surface area contributed by atoms with Crippen LogP contribution < -0.4 is 0 Å². The van der Waals surface area contributed by atoms with E-state index in [1.165, 1.54) is 11.1 Å². The molecule has 0 saturated carbocycles. The maximum atomic E-state index is 12.4. The average molecular weight is 281 g/mol. The molecule has 1 aromatic heterocycles. The fourth-order valence-electron chi connectivity index (χ4n) is 1.76. The van der Waals surface area contributed by atoms with Crippen LogP contribution in [-0.2, 0) is 10.3 Å². The van der Waals surface area contributed by atoms with Crippen LogP contribution in [-0.4, -0.2) is 44.3 Å². The van der Waals surface area contributed by atoms with Gasteiger partial charge in [0.2, 0.25) is 0 Å². The third-order valence-electron chi connectivity index (χ3n) is 3.21. The number of hydrogen-bond donors (Lipinski definition) is 1. The molecule has 1 amide bonds. The van der Waals surface area contributed by atoms with E-state index in [0.717, 1.165) is 0 Å². The fourth-order valence-corrected chi connectivity index (χ4v) is 1.76. The van der Waals surface area contributed by atoms with Gasteiger partial charge < -0.3 is 10.0 Å². The molecule has 0 aromatic carbocycles. The van der Waals surface area contributed by atoms with Gasteiger partial charge in [0.25, 0.3) is 5.91 Å². The topological polar surface area (TPSA) is 75.4 Å². The molecular formula is C14H23N3O3. The van der Waals surface area contributed by atoms with Gasteiger partial charge in [0.05, 0.1) is 17.3 Å². The molecule has 6 heteroatoms. The van der Waals surface area contributed by atoms with Crippen LogP contribution in [0.3, 0.4) is 0 Å². The molecule has 1 aromatic rings. The molecule has 0 radical (unpaired) electrons. The molecule has 0 fully saturated rings. The number of carboxylic acid groups (broad SMARTS) is 1. The van der Waals surface area contributed by atoms with Crippen LogP contribution in [0.2, 0.25) is 0 Å². The van der Waals surface area contributed by atoms with Crippen molar-refractivity contribution in [2.24, 2.45) is 0 Å². The highest BCUT2D eigenvalue weighted by atomic mass is 16.4. The van der Waals surface area contributed by atoms with Crippen molar-refractivity contribution in [3.63, 3.8) is 0 Å². The Morgan fingerprint density at radius 1 is 1.45 bits per heavy atom. The highest BCUT2D eigenvalue weighted by Gasteiger charge is 2.25. The Hall–Kier alpha value is -1.85. The summed E-state index contributed by atoms with van der Waals surface area (Å²) in [6.07, 6.45) is 3.86. The van der Waals surface area contributed by atoms with Gasteiger partial charge in [-0.3, -0.25) is 14.3 Å². The number of carbonyl (C=O) groups excluding carboxylic acids is 1. The maximum absolute atomic E-state index is 12.4. The van der Waals surface area contributed by atoms with E-state index in [1.807, 2.05) is 34.6 Å². The van der Waals surface area contributed by atoms with Crippen LogP contribution in [0.5, 0.6) is 0 Å². The van der Waals surface area contributed by atoms with Crippen molar-refractivity contribution in [3.05, 3.63) is 18.0 Å². The molecule has 1 unspecified atom stereocenters. The van der Waals surface area contributed by atoms with Gasteiger partial charge in [0.1, 0.15) is 6.54 Å². The third kappa shape index (κ3) is 3.82. The van der Waals surface area contributed by atoms with E-state index in [1.54, 1.807) is 10.9 Å². The summed E-state index contributed by atoms with van der Waals surface area (Å²) >= 11 is 0. The standard InChI is InChI=1S/C14H23N3O3/c1-6-10(2)16(9-12(18)19)13(20)11-7-15-17(8-11)14(3,4)5/h7-8,10H,6,9H2,1-5H3,(H,18,19). The Morgan fingerprint density at radius 2 is 2.05 bits per heavy atom. The molecule has 1 N–H and O–H groups in total. The van der Waals surface area contributed by atoms with Crippen LogP contribution in [0.15, 0.2) is 12.4 Å². The largest absolute Gasteiger partial charge is 0.480 e. The molecular weight excluding hydrogens is 258 g/mol. The van der Waals surface area contributed by atoms with Crippen LogP contribution >= 0.6 is 0 Å². The summed E-state index contributed by atoms with van der Waals surface area (Å²) in [5, 5.41) is 13.1. The van der Waals surface area contributed by atoms with Gasteiger partial charge in [0.15, 0.2) is 0 Å². The minimum absolute atomic E-state index is 0.128. The molecule has 1 rings (SSSR count). The number of nitrogens with zero attached hydrogens (tertiary/aromatic N) is 3. The van der Waals surface area contributed by atoms with Crippen molar-refractivity contribution < 1.29 is 14.7 Å². The summed E-state index contributed by atoms with van der Waals surface area (Å²) in [4.78, 5) is 24.7. The van der Waals surface area contributed by atoms with Crippen molar-refractivity contribution in [1.29, 1.82) is 0 Å². The zero-order valence-corrected chi connectivity index (χ0v) is 12.8. The molecule has 0 aliphatic rings. The molecule has 1 heterocycles. The van der Waals surface area contributed by atoms with E-state index in [2.05, 4.69) is 5.10 Å². The lowest BCUT2D eigenvalue weighted by atomic mass is 10.1. The highest BCUT2D eigenvalue weighted by molar-refractivity contribution is 5.95. The lowest BCUT2D eigenvalue weighted by Crippen LogP contribution is -2.41. The minimum Gasteiger partial charge on any atom is -0.480 e. The van der Waals surface area contributed by atoms with E-state index in [-0.39, 0.29) is 24.0 Å².